The van der Waals surface area contributed by atoms with E-state index in [1.165, 1.54) is 12.0 Å². The summed E-state index contributed by atoms with van der Waals surface area (Å²) in [4.78, 5) is 40.8. The molecule has 9 nitrogen and oxygen atoms in total. The number of piperidine rings is 2. The van der Waals surface area contributed by atoms with E-state index in [0.717, 1.165) is 19.3 Å². The largest absolute Gasteiger partial charge is 0.466 e. The van der Waals surface area contributed by atoms with E-state index in [1.807, 2.05) is 0 Å². The van der Waals surface area contributed by atoms with Gasteiger partial charge in [-0.25, -0.2) is 9.59 Å². The van der Waals surface area contributed by atoms with Crippen molar-refractivity contribution in [2.45, 2.75) is 64.1 Å². The van der Waals surface area contributed by atoms with Crippen LogP contribution < -0.4 is 0 Å². The molecule has 9 heteroatoms. The first-order valence-corrected chi connectivity index (χ1v) is 11.5. The Labute approximate surface area is 184 Å². The number of carbonyl (C=O) groups excluding carboxylic acids is 3. The molecule has 0 bridgehead atoms. The van der Waals surface area contributed by atoms with Crippen LogP contribution in [0.5, 0.6) is 0 Å². The quantitative estimate of drug-likeness (QED) is 0.505. The van der Waals surface area contributed by atoms with Gasteiger partial charge in [0.25, 0.3) is 0 Å². The average Bonchev–Trinajstić information content (AvgIpc) is 2.77. The van der Waals surface area contributed by atoms with Gasteiger partial charge >= 0.3 is 18.0 Å². The number of likely N-dealkylation sites (tertiary alicyclic amines) is 2. The number of hydrogen-bond acceptors (Lipinski definition) is 8. The van der Waals surface area contributed by atoms with Gasteiger partial charge in [-0.05, 0) is 57.8 Å². The van der Waals surface area contributed by atoms with E-state index in [1.54, 1.807) is 13.8 Å². The number of hydrogen-bond donors (Lipinski definition) is 1. The molecule has 4 unspecified atom stereocenters. The van der Waals surface area contributed by atoms with Crippen LogP contribution in [0.3, 0.4) is 0 Å². The van der Waals surface area contributed by atoms with Gasteiger partial charge in [-0.15, -0.1) is 0 Å². The maximum atomic E-state index is 12.5. The number of nitrogens with zero attached hydrogens (tertiary/aromatic N) is 2. The van der Waals surface area contributed by atoms with E-state index in [2.05, 4.69) is 4.90 Å². The number of β-amino-alcohol motifs (C(OH)–C–C–N with tert-alkyl or cyclic N) is 1. The van der Waals surface area contributed by atoms with Gasteiger partial charge in [0.15, 0.2) is 0 Å². The number of amides is 1. The van der Waals surface area contributed by atoms with Gasteiger partial charge < -0.3 is 19.3 Å². The van der Waals surface area contributed by atoms with Gasteiger partial charge in [0.2, 0.25) is 0 Å². The fourth-order valence-corrected chi connectivity index (χ4v) is 5.57. The molecule has 1 saturated carbocycles. The van der Waals surface area contributed by atoms with Gasteiger partial charge in [-0.3, -0.25) is 14.6 Å². The molecule has 1 aliphatic carbocycles. The van der Waals surface area contributed by atoms with Gasteiger partial charge in [0.1, 0.15) is 6.04 Å². The Morgan fingerprint density at radius 1 is 0.903 bits per heavy atom. The van der Waals surface area contributed by atoms with Crippen molar-refractivity contribution < 1.29 is 33.7 Å². The van der Waals surface area contributed by atoms with Crippen molar-refractivity contribution in [2.75, 3.05) is 40.0 Å². The molecular weight excluding hydrogens is 404 g/mol. The van der Waals surface area contributed by atoms with Gasteiger partial charge in [0, 0.05) is 25.7 Å². The van der Waals surface area contributed by atoms with Crippen LogP contribution in [0.25, 0.3) is 0 Å². The molecule has 2 heterocycles. The zero-order valence-electron chi connectivity index (χ0n) is 18.8. The summed E-state index contributed by atoms with van der Waals surface area (Å²) in [5.74, 6) is -0.362. The third kappa shape index (κ3) is 5.49. The highest BCUT2D eigenvalue weighted by Gasteiger charge is 2.46. The van der Waals surface area contributed by atoms with Crippen molar-refractivity contribution in [1.82, 2.24) is 9.80 Å². The van der Waals surface area contributed by atoms with Crippen molar-refractivity contribution in [3.8, 4) is 0 Å². The summed E-state index contributed by atoms with van der Waals surface area (Å²) >= 11 is 0. The Morgan fingerprint density at radius 2 is 1.61 bits per heavy atom. The molecule has 6 atom stereocenters. The normalized spacial score (nSPS) is 33.9. The lowest BCUT2D eigenvalue weighted by molar-refractivity contribution is -0.155. The van der Waals surface area contributed by atoms with Crippen LogP contribution in [0.2, 0.25) is 0 Å². The van der Waals surface area contributed by atoms with E-state index < -0.39 is 18.2 Å². The number of ether oxygens (including phenoxy) is 3. The van der Waals surface area contributed by atoms with Crippen LogP contribution >= 0.6 is 0 Å². The Balaban J connectivity index is 1.68. The fourth-order valence-electron chi connectivity index (χ4n) is 5.57. The molecule has 0 aromatic carbocycles. The van der Waals surface area contributed by atoms with E-state index in [-0.39, 0.29) is 36.4 Å². The van der Waals surface area contributed by atoms with Crippen LogP contribution in [0, 0.1) is 17.8 Å². The molecule has 31 heavy (non-hydrogen) atoms. The molecule has 3 rings (SSSR count). The van der Waals surface area contributed by atoms with Crippen LogP contribution in [0.1, 0.15) is 46.0 Å². The Hall–Kier alpha value is -1.87. The summed E-state index contributed by atoms with van der Waals surface area (Å²) in [6, 6.07) is -0.396. The Kier molecular flexibility index (Phi) is 8.16. The smallest absolute Gasteiger partial charge is 0.410 e. The van der Waals surface area contributed by atoms with E-state index >= 15 is 0 Å². The van der Waals surface area contributed by atoms with Crippen molar-refractivity contribution in [3.63, 3.8) is 0 Å². The van der Waals surface area contributed by atoms with Gasteiger partial charge in [-0.2, -0.15) is 0 Å². The average molecular weight is 441 g/mol. The molecule has 176 valence electrons. The minimum absolute atomic E-state index is 0.237. The second-order valence-electron chi connectivity index (χ2n) is 8.91. The third-order valence-electron chi connectivity index (χ3n) is 7.01. The predicted octanol–water partition coefficient (Wildman–Crippen LogP) is 1.42. The number of fused-ring (bicyclic) bond motifs is 1. The standard InChI is InChI=1S/C22H36N2O7/c1-4-30-20(26)16-9-18(25)13-23(11-16)17-7-6-14-12-24(22(28)29-3)19(10-15(14)8-17)21(27)31-5-2/h14-19,25H,4-13H2,1-3H3/t14?,15?,16-,17?,18+,19?/m0/s1. The summed E-state index contributed by atoms with van der Waals surface area (Å²) in [6.07, 6.45) is 2.68. The second-order valence-corrected chi connectivity index (χ2v) is 8.91. The van der Waals surface area contributed by atoms with Crippen LogP contribution in [-0.4, -0.2) is 91.1 Å². The SMILES string of the molecule is CCOC(=O)C1CC2CC(N3C[C@H](O)C[C@H](C(=O)OCC)C3)CCC2CN1C(=O)OC. The Bertz CT molecular complexity index is 658. The predicted molar refractivity (Wildman–Crippen MR) is 111 cm³/mol. The fraction of sp³-hybridized carbons (Fsp3) is 0.864. The highest BCUT2D eigenvalue weighted by atomic mass is 16.6. The summed E-state index contributed by atoms with van der Waals surface area (Å²) in [5, 5.41) is 10.4. The van der Waals surface area contributed by atoms with Crippen molar-refractivity contribution >= 4 is 18.0 Å². The van der Waals surface area contributed by atoms with Gasteiger partial charge in [0.05, 0.1) is 32.3 Å². The zero-order valence-corrected chi connectivity index (χ0v) is 18.8. The highest BCUT2D eigenvalue weighted by Crippen LogP contribution is 2.41. The number of aliphatic hydroxyl groups is 1. The summed E-state index contributed by atoms with van der Waals surface area (Å²) in [7, 11) is 1.33. The monoisotopic (exact) mass is 440 g/mol. The zero-order chi connectivity index (χ0) is 22.5. The van der Waals surface area contributed by atoms with Gasteiger partial charge in [-0.1, -0.05) is 0 Å². The molecule has 0 aromatic heterocycles. The van der Waals surface area contributed by atoms with Crippen molar-refractivity contribution in [2.24, 2.45) is 17.8 Å². The highest BCUT2D eigenvalue weighted by molar-refractivity contribution is 5.81. The summed E-state index contributed by atoms with van der Waals surface area (Å²) in [6.45, 7) is 5.77. The molecule has 2 saturated heterocycles. The molecule has 0 aromatic rings. The maximum absolute atomic E-state index is 12.5. The molecule has 1 N–H and O–H groups in total. The molecular formula is C22H36N2O7. The number of aliphatic hydroxyl groups excluding tert-OH is 1. The molecule has 2 aliphatic heterocycles. The Morgan fingerprint density at radius 3 is 2.29 bits per heavy atom. The molecule has 3 aliphatic rings. The lowest BCUT2D eigenvalue weighted by atomic mass is 9.70. The van der Waals surface area contributed by atoms with E-state index in [4.69, 9.17) is 14.2 Å². The third-order valence-corrected chi connectivity index (χ3v) is 7.01. The molecule has 3 fully saturated rings. The topological polar surface area (TPSA) is 106 Å². The molecule has 0 spiro atoms. The van der Waals surface area contributed by atoms with E-state index in [0.29, 0.717) is 45.0 Å². The lowest BCUT2D eigenvalue weighted by Gasteiger charge is -2.49. The minimum Gasteiger partial charge on any atom is -0.466 e. The molecule has 0 radical (unpaired) electrons. The first-order valence-electron chi connectivity index (χ1n) is 11.5. The number of carbonyl (C=O) groups is 3. The maximum Gasteiger partial charge on any atom is 0.410 e. The summed E-state index contributed by atoms with van der Waals surface area (Å²) in [5.41, 5.74) is 0. The lowest BCUT2D eigenvalue weighted by Crippen LogP contribution is -2.57. The first kappa shape index (κ1) is 23.8. The first-order chi connectivity index (χ1) is 14.9. The van der Waals surface area contributed by atoms with E-state index in [9.17, 15) is 19.5 Å². The van der Waals surface area contributed by atoms with Crippen molar-refractivity contribution in [3.05, 3.63) is 0 Å². The second kappa shape index (κ2) is 10.6. The number of esters is 2. The van der Waals surface area contributed by atoms with Crippen LogP contribution in [0.4, 0.5) is 4.79 Å². The number of methoxy groups -OCH3 is 1. The van der Waals surface area contributed by atoms with Crippen LogP contribution in [0.15, 0.2) is 0 Å². The molecule has 1 amide bonds. The summed E-state index contributed by atoms with van der Waals surface area (Å²) < 4.78 is 15.3. The van der Waals surface area contributed by atoms with Crippen molar-refractivity contribution in [1.29, 1.82) is 0 Å². The minimum atomic E-state index is -0.633. The van der Waals surface area contributed by atoms with Crippen LogP contribution in [-0.2, 0) is 23.8 Å². The number of rotatable bonds is 5.